The van der Waals surface area contributed by atoms with Gasteiger partial charge in [-0.1, -0.05) is 85.0 Å². The zero-order valence-electron chi connectivity index (χ0n) is 17.2. The van der Waals surface area contributed by atoms with Crippen LogP contribution in [0.25, 0.3) is 0 Å². The van der Waals surface area contributed by atoms with Gasteiger partial charge in [-0.25, -0.2) is 0 Å². The number of carbonyl (C=O) groups is 1. The van der Waals surface area contributed by atoms with Crippen molar-refractivity contribution in [3.8, 4) is 0 Å². The number of aliphatic carboxylic acids is 1. The molecule has 0 saturated heterocycles. The monoisotopic (exact) mass is 359 g/mol. The number of hydrogen-bond donors (Lipinski definition) is 3. The van der Waals surface area contributed by atoms with E-state index < -0.39 is 11.6 Å². The number of unbranched alkanes of at least 4 members (excludes halogenated alkanes) is 10. The Balaban J connectivity index is 0. The molecule has 0 spiro atoms. The van der Waals surface area contributed by atoms with Gasteiger partial charge < -0.3 is 15.9 Å². The SMILES string of the molecule is CCC(O)(CC)CCN.CCCCCCCCCCCCCC(=O)O. The minimum Gasteiger partial charge on any atom is -0.481 e. The van der Waals surface area contributed by atoms with E-state index in [0.29, 0.717) is 13.0 Å². The van der Waals surface area contributed by atoms with Crippen LogP contribution in [-0.2, 0) is 4.79 Å². The highest BCUT2D eigenvalue weighted by Crippen LogP contribution is 2.17. The van der Waals surface area contributed by atoms with Crippen molar-refractivity contribution in [3.63, 3.8) is 0 Å². The first-order valence-electron chi connectivity index (χ1n) is 10.6. The predicted molar refractivity (Wildman–Crippen MR) is 108 cm³/mol. The predicted octanol–water partition coefficient (Wildman–Crippen LogP) is 5.66. The molecule has 0 radical (unpaired) electrons. The zero-order valence-corrected chi connectivity index (χ0v) is 17.2. The summed E-state index contributed by atoms with van der Waals surface area (Å²) in [6.45, 7) is 6.80. The molecule has 0 aromatic rings. The number of rotatable bonds is 16. The molecule has 0 fully saturated rings. The largest absolute Gasteiger partial charge is 0.481 e. The van der Waals surface area contributed by atoms with Crippen molar-refractivity contribution in [3.05, 3.63) is 0 Å². The second kappa shape index (κ2) is 19.7. The number of hydrogen-bond acceptors (Lipinski definition) is 3. The molecule has 25 heavy (non-hydrogen) atoms. The van der Waals surface area contributed by atoms with Crippen molar-refractivity contribution in [1.29, 1.82) is 0 Å². The summed E-state index contributed by atoms with van der Waals surface area (Å²) in [6.07, 6.45) is 16.7. The van der Waals surface area contributed by atoms with E-state index in [-0.39, 0.29) is 0 Å². The third kappa shape index (κ3) is 21.3. The molecule has 0 aliphatic carbocycles. The summed E-state index contributed by atoms with van der Waals surface area (Å²) in [5.41, 5.74) is 4.81. The topological polar surface area (TPSA) is 83.5 Å². The fourth-order valence-electron chi connectivity index (χ4n) is 2.81. The van der Waals surface area contributed by atoms with Gasteiger partial charge in [0, 0.05) is 6.42 Å². The molecule has 152 valence electrons. The molecular formula is C21H45NO3. The molecular weight excluding hydrogens is 314 g/mol. The van der Waals surface area contributed by atoms with E-state index in [0.717, 1.165) is 32.1 Å². The Hall–Kier alpha value is -0.610. The molecule has 0 atom stereocenters. The van der Waals surface area contributed by atoms with Crippen LogP contribution in [0.3, 0.4) is 0 Å². The minimum absolute atomic E-state index is 0.344. The number of nitrogens with two attached hydrogens (primary N) is 1. The average molecular weight is 360 g/mol. The van der Waals surface area contributed by atoms with Crippen LogP contribution in [-0.4, -0.2) is 28.3 Å². The lowest BCUT2D eigenvalue weighted by molar-refractivity contribution is -0.137. The van der Waals surface area contributed by atoms with Crippen LogP contribution in [0.4, 0.5) is 0 Å². The van der Waals surface area contributed by atoms with Gasteiger partial charge in [-0.3, -0.25) is 4.79 Å². The first kappa shape index (κ1) is 26.6. The highest BCUT2D eigenvalue weighted by Gasteiger charge is 2.19. The summed E-state index contributed by atoms with van der Waals surface area (Å²) in [6, 6.07) is 0. The van der Waals surface area contributed by atoms with E-state index >= 15 is 0 Å². The van der Waals surface area contributed by atoms with E-state index in [1.54, 1.807) is 0 Å². The Labute approximate surface area is 156 Å². The van der Waals surface area contributed by atoms with Gasteiger partial charge >= 0.3 is 5.97 Å². The van der Waals surface area contributed by atoms with Gasteiger partial charge in [-0.2, -0.15) is 0 Å². The number of carboxylic acids is 1. The van der Waals surface area contributed by atoms with E-state index in [4.69, 9.17) is 10.8 Å². The number of carboxylic acid groups (broad SMARTS) is 1. The lowest BCUT2D eigenvalue weighted by Crippen LogP contribution is -2.29. The third-order valence-electron chi connectivity index (χ3n) is 4.92. The van der Waals surface area contributed by atoms with Crippen molar-refractivity contribution >= 4 is 5.97 Å². The molecule has 0 aliphatic rings. The van der Waals surface area contributed by atoms with Crippen LogP contribution in [0.15, 0.2) is 0 Å². The third-order valence-corrected chi connectivity index (χ3v) is 4.92. The maximum Gasteiger partial charge on any atom is 0.303 e. The Kier molecular flexibility index (Phi) is 21.0. The van der Waals surface area contributed by atoms with E-state index in [2.05, 4.69) is 6.92 Å². The first-order valence-corrected chi connectivity index (χ1v) is 10.6. The van der Waals surface area contributed by atoms with Crippen LogP contribution >= 0.6 is 0 Å². The summed E-state index contributed by atoms with van der Waals surface area (Å²) >= 11 is 0. The maximum absolute atomic E-state index is 10.3. The van der Waals surface area contributed by atoms with Crippen molar-refractivity contribution in [1.82, 2.24) is 0 Å². The lowest BCUT2D eigenvalue weighted by Gasteiger charge is -2.23. The van der Waals surface area contributed by atoms with Crippen molar-refractivity contribution < 1.29 is 15.0 Å². The Morgan fingerprint density at radius 1 is 0.800 bits per heavy atom. The standard InChI is InChI=1S/C14H28O2.C7H17NO/c1-2-3-4-5-6-7-8-9-10-11-12-13-14(15)16;1-3-7(9,4-2)5-6-8/h2-13H2,1H3,(H,15,16);9H,3-6,8H2,1-2H3. The molecule has 0 rings (SSSR count). The highest BCUT2D eigenvalue weighted by atomic mass is 16.4. The molecule has 0 heterocycles. The normalized spacial score (nSPS) is 11.1. The smallest absolute Gasteiger partial charge is 0.303 e. The average Bonchev–Trinajstić information content (AvgIpc) is 2.60. The Morgan fingerprint density at radius 2 is 1.20 bits per heavy atom. The molecule has 0 bridgehead atoms. The number of aliphatic hydroxyl groups is 1. The fourth-order valence-corrected chi connectivity index (χ4v) is 2.81. The molecule has 4 heteroatoms. The minimum atomic E-state index is -0.657. The van der Waals surface area contributed by atoms with Crippen LogP contribution in [0.2, 0.25) is 0 Å². The van der Waals surface area contributed by atoms with Gasteiger partial charge in [0.15, 0.2) is 0 Å². The molecule has 4 nitrogen and oxygen atoms in total. The lowest BCUT2D eigenvalue weighted by atomic mass is 9.94. The first-order chi connectivity index (χ1) is 12.0. The molecule has 0 saturated carbocycles. The van der Waals surface area contributed by atoms with E-state index in [1.807, 2.05) is 13.8 Å². The molecule has 0 aliphatic heterocycles. The summed E-state index contributed by atoms with van der Waals surface area (Å²) in [4.78, 5) is 10.3. The molecule has 0 amide bonds. The van der Waals surface area contributed by atoms with Crippen LogP contribution in [0.1, 0.15) is 117 Å². The second-order valence-electron chi connectivity index (χ2n) is 7.15. The fraction of sp³-hybridized carbons (Fsp3) is 0.952. The van der Waals surface area contributed by atoms with Gasteiger partial charge in [-0.15, -0.1) is 0 Å². The molecule has 0 unspecified atom stereocenters. The van der Waals surface area contributed by atoms with Gasteiger partial charge in [0.25, 0.3) is 0 Å². The van der Waals surface area contributed by atoms with E-state index in [1.165, 1.54) is 57.8 Å². The van der Waals surface area contributed by atoms with Gasteiger partial charge in [0.1, 0.15) is 0 Å². The highest BCUT2D eigenvalue weighted by molar-refractivity contribution is 5.66. The molecule has 4 N–H and O–H groups in total. The van der Waals surface area contributed by atoms with E-state index in [9.17, 15) is 9.90 Å². The zero-order chi connectivity index (χ0) is 19.4. The van der Waals surface area contributed by atoms with Crippen LogP contribution < -0.4 is 5.73 Å². The van der Waals surface area contributed by atoms with Gasteiger partial charge in [-0.05, 0) is 32.2 Å². The van der Waals surface area contributed by atoms with Gasteiger partial charge in [0.2, 0.25) is 0 Å². The second-order valence-corrected chi connectivity index (χ2v) is 7.15. The summed E-state index contributed by atoms with van der Waals surface area (Å²) in [5.74, 6) is -0.657. The quantitative estimate of drug-likeness (QED) is 0.310. The van der Waals surface area contributed by atoms with Crippen molar-refractivity contribution in [2.45, 2.75) is 123 Å². The summed E-state index contributed by atoms with van der Waals surface area (Å²) in [7, 11) is 0. The Morgan fingerprint density at radius 3 is 1.48 bits per heavy atom. The van der Waals surface area contributed by atoms with Crippen LogP contribution in [0, 0.1) is 0 Å². The summed E-state index contributed by atoms with van der Waals surface area (Å²) in [5, 5.41) is 18.0. The van der Waals surface area contributed by atoms with Crippen molar-refractivity contribution in [2.24, 2.45) is 5.73 Å². The molecule has 0 aromatic heterocycles. The van der Waals surface area contributed by atoms with Crippen molar-refractivity contribution in [2.75, 3.05) is 6.54 Å². The Bertz CT molecular complexity index is 278. The van der Waals surface area contributed by atoms with Gasteiger partial charge in [0.05, 0.1) is 5.60 Å². The summed E-state index contributed by atoms with van der Waals surface area (Å²) < 4.78 is 0. The van der Waals surface area contributed by atoms with Crippen LogP contribution in [0.5, 0.6) is 0 Å². The maximum atomic E-state index is 10.3. The molecule has 0 aromatic carbocycles.